The molecule has 1 heterocycles. The van der Waals surface area contributed by atoms with Crippen LogP contribution in [0.2, 0.25) is 10.4 Å². The zero-order chi connectivity index (χ0) is 7.56. The van der Waals surface area contributed by atoms with E-state index in [9.17, 15) is 0 Å². The maximum atomic E-state index is 5.65. The summed E-state index contributed by atoms with van der Waals surface area (Å²) < 4.78 is 0. The van der Waals surface area contributed by atoms with Crippen molar-refractivity contribution in [1.29, 1.82) is 0 Å². The van der Waals surface area contributed by atoms with Gasteiger partial charge in [-0.2, -0.15) is 0 Å². The summed E-state index contributed by atoms with van der Waals surface area (Å²) in [6.07, 6.45) is 2.15. The van der Waals surface area contributed by atoms with Crippen molar-refractivity contribution in [2.24, 2.45) is 0 Å². The van der Waals surface area contributed by atoms with Crippen LogP contribution in [-0.4, -0.2) is 9.97 Å². The van der Waals surface area contributed by atoms with E-state index in [0.717, 1.165) is 5.56 Å². The van der Waals surface area contributed by atoms with Crippen LogP contribution in [0.1, 0.15) is 5.56 Å². The molecule has 1 aromatic heterocycles. The van der Waals surface area contributed by atoms with Gasteiger partial charge in [0.2, 0.25) is 5.28 Å². The van der Waals surface area contributed by atoms with E-state index in [1.165, 1.54) is 0 Å². The van der Waals surface area contributed by atoms with Gasteiger partial charge in [-0.25, -0.2) is 9.97 Å². The van der Waals surface area contributed by atoms with Crippen molar-refractivity contribution in [2.45, 2.75) is 6.42 Å². The normalized spacial score (nSPS) is 9.90. The van der Waals surface area contributed by atoms with Gasteiger partial charge in [-0.05, 0) is 24.9 Å². The molecule has 0 aliphatic carbocycles. The third-order valence-corrected chi connectivity index (χ3v) is 1.56. The zero-order valence-corrected chi connectivity index (χ0v) is 6.65. The van der Waals surface area contributed by atoms with Gasteiger partial charge in [0.05, 0.1) is 0 Å². The summed E-state index contributed by atoms with van der Waals surface area (Å²) in [5.41, 5.74) is 0.811. The topological polar surface area (TPSA) is 25.8 Å². The van der Waals surface area contributed by atoms with Crippen molar-refractivity contribution in [3.05, 3.63) is 29.1 Å². The fourth-order valence-electron chi connectivity index (χ4n) is 0.534. The highest BCUT2D eigenvalue weighted by atomic mass is 35.5. The second kappa shape index (κ2) is 3.17. The predicted molar refractivity (Wildman–Crippen MR) is 41.1 cm³/mol. The quantitative estimate of drug-likeness (QED) is 0.484. The molecule has 1 aromatic rings. The van der Waals surface area contributed by atoms with Crippen molar-refractivity contribution < 1.29 is 0 Å². The molecule has 0 aliphatic heterocycles. The standard InChI is InChI=1S/C6H5Cl2N2/c1-2-4-3-9-6(8)10-5(4)7/h3H,1-2H2. The first-order chi connectivity index (χ1) is 4.74. The Bertz CT molecular complexity index is 237. The van der Waals surface area contributed by atoms with Gasteiger partial charge in [0.25, 0.3) is 0 Å². The molecule has 0 bridgehead atoms. The van der Waals surface area contributed by atoms with E-state index >= 15 is 0 Å². The van der Waals surface area contributed by atoms with E-state index in [0.29, 0.717) is 11.6 Å². The summed E-state index contributed by atoms with van der Waals surface area (Å²) in [5, 5.41) is 0.553. The van der Waals surface area contributed by atoms with Crippen LogP contribution in [0.5, 0.6) is 0 Å². The minimum absolute atomic E-state index is 0.169. The molecule has 0 unspecified atom stereocenters. The Hall–Kier alpha value is -0.340. The van der Waals surface area contributed by atoms with Crippen molar-refractivity contribution in [2.75, 3.05) is 0 Å². The fraction of sp³-hybridized carbons (Fsp3) is 0.167. The summed E-state index contributed by atoms with van der Waals surface area (Å²) in [7, 11) is 0. The lowest BCUT2D eigenvalue weighted by molar-refractivity contribution is 1.09. The lowest BCUT2D eigenvalue weighted by Crippen LogP contribution is -1.89. The molecule has 10 heavy (non-hydrogen) atoms. The molecular formula is C6H5Cl2N2. The molecular weight excluding hydrogens is 171 g/mol. The fourth-order valence-corrected chi connectivity index (χ4v) is 0.934. The van der Waals surface area contributed by atoms with Gasteiger partial charge in [-0.3, -0.25) is 0 Å². The molecule has 0 spiro atoms. The third kappa shape index (κ3) is 1.58. The summed E-state index contributed by atoms with van der Waals surface area (Å²) in [4.78, 5) is 7.46. The first kappa shape index (κ1) is 7.76. The molecule has 0 saturated heterocycles. The number of nitrogens with zero attached hydrogens (tertiary/aromatic N) is 2. The van der Waals surface area contributed by atoms with Crippen LogP contribution in [0.4, 0.5) is 0 Å². The summed E-state index contributed by atoms with van der Waals surface area (Å²) in [6, 6.07) is 0. The monoisotopic (exact) mass is 175 g/mol. The van der Waals surface area contributed by atoms with E-state index in [1.807, 2.05) is 0 Å². The van der Waals surface area contributed by atoms with Crippen molar-refractivity contribution in [1.82, 2.24) is 9.97 Å². The molecule has 0 saturated carbocycles. The number of hydrogen-bond acceptors (Lipinski definition) is 2. The van der Waals surface area contributed by atoms with E-state index in [1.54, 1.807) is 6.20 Å². The van der Waals surface area contributed by atoms with Crippen LogP contribution in [0.25, 0.3) is 0 Å². The molecule has 1 rings (SSSR count). The number of halogens is 2. The zero-order valence-electron chi connectivity index (χ0n) is 5.14. The smallest absolute Gasteiger partial charge is 0.223 e. The average molecular weight is 176 g/mol. The summed E-state index contributed by atoms with van der Waals surface area (Å²) >= 11 is 11.1. The van der Waals surface area contributed by atoms with Gasteiger partial charge >= 0.3 is 0 Å². The Balaban J connectivity index is 3.07. The SMILES string of the molecule is [CH2]Cc1cnc(Cl)nc1Cl. The van der Waals surface area contributed by atoms with E-state index in [-0.39, 0.29) is 5.28 Å². The minimum atomic E-state index is 0.169. The second-order valence-electron chi connectivity index (χ2n) is 1.71. The summed E-state index contributed by atoms with van der Waals surface area (Å²) in [6.45, 7) is 3.64. The molecule has 0 aliphatic rings. The maximum Gasteiger partial charge on any atom is 0.223 e. The van der Waals surface area contributed by atoms with Gasteiger partial charge in [0, 0.05) is 11.8 Å². The first-order valence-electron chi connectivity index (χ1n) is 2.70. The van der Waals surface area contributed by atoms with Gasteiger partial charge in [0.15, 0.2) is 0 Å². The maximum absolute atomic E-state index is 5.65. The number of rotatable bonds is 1. The van der Waals surface area contributed by atoms with Crippen LogP contribution in [-0.2, 0) is 6.42 Å². The van der Waals surface area contributed by atoms with Gasteiger partial charge in [-0.15, -0.1) is 0 Å². The highest BCUT2D eigenvalue weighted by Gasteiger charge is 1.99. The van der Waals surface area contributed by atoms with Gasteiger partial charge < -0.3 is 0 Å². The van der Waals surface area contributed by atoms with Crippen molar-refractivity contribution in [3.8, 4) is 0 Å². The van der Waals surface area contributed by atoms with Crippen molar-refractivity contribution >= 4 is 23.2 Å². The van der Waals surface area contributed by atoms with Crippen LogP contribution in [0, 0.1) is 6.92 Å². The molecule has 2 nitrogen and oxygen atoms in total. The lowest BCUT2D eigenvalue weighted by atomic mass is 10.3. The van der Waals surface area contributed by atoms with Crippen LogP contribution < -0.4 is 0 Å². The molecule has 0 amide bonds. The third-order valence-electron chi connectivity index (χ3n) is 1.05. The Morgan fingerprint density at radius 2 is 2.20 bits per heavy atom. The molecule has 4 heteroatoms. The lowest BCUT2D eigenvalue weighted by Gasteiger charge is -1.96. The van der Waals surface area contributed by atoms with Gasteiger partial charge in [-0.1, -0.05) is 11.6 Å². The highest BCUT2D eigenvalue weighted by molar-refractivity contribution is 6.32. The Morgan fingerprint density at radius 3 is 2.70 bits per heavy atom. The van der Waals surface area contributed by atoms with E-state index < -0.39 is 0 Å². The predicted octanol–water partition coefficient (Wildman–Crippen LogP) is 2.16. The second-order valence-corrected chi connectivity index (χ2v) is 2.40. The van der Waals surface area contributed by atoms with E-state index in [2.05, 4.69) is 16.9 Å². The molecule has 0 N–H and O–H groups in total. The highest BCUT2D eigenvalue weighted by Crippen LogP contribution is 2.13. The van der Waals surface area contributed by atoms with Crippen LogP contribution in [0.15, 0.2) is 6.20 Å². The number of hydrogen-bond donors (Lipinski definition) is 0. The van der Waals surface area contributed by atoms with Crippen molar-refractivity contribution in [3.63, 3.8) is 0 Å². The molecule has 0 aromatic carbocycles. The van der Waals surface area contributed by atoms with Gasteiger partial charge in [0.1, 0.15) is 5.15 Å². The minimum Gasteiger partial charge on any atom is -0.226 e. The summed E-state index contributed by atoms with van der Waals surface area (Å²) in [5.74, 6) is 0. The van der Waals surface area contributed by atoms with Crippen LogP contribution in [0.3, 0.4) is 0 Å². The number of aromatic nitrogens is 2. The molecule has 53 valence electrons. The average Bonchev–Trinajstić information content (AvgIpc) is 1.88. The Labute approximate surface area is 69.2 Å². The molecule has 1 radical (unpaired) electrons. The Morgan fingerprint density at radius 1 is 1.50 bits per heavy atom. The molecule has 0 atom stereocenters. The molecule has 0 fully saturated rings. The van der Waals surface area contributed by atoms with E-state index in [4.69, 9.17) is 23.2 Å². The van der Waals surface area contributed by atoms with Crippen LogP contribution >= 0.6 is 23.2 Å². The largest absolute Gasteiger partial charge is 0.226 e. The Kier molecular flexibility index (Phi) is 2.46. The first-order valence-corrected chi connectivity index (χ1v) is 3.46.